The van der Waals surface area contributed by atoms with Crippen molar-refractivity contribution >= 4 is 29.7 Å². The number of imide groups is 2. The first kappa shape index (κ1) is 46.2. The van der Waals surface area contributed by atoms with E-state index in [4.69, 9.17) is 14.2 Å². The highest BCUT2D eigenvalue weighted by Gasteiger charge is 2.53. The number of nitrogens with one attached hydrogen (secondary N) is 2. The summed E-state index contributed by atoms with van der Waals surface area (Å²) in [5.74, 6) is -1.38. The fourth-order valence-electron chi connectivity index (χ4n) is 11.5. The number of amides is 6. The Morgan fingerprint density at radius 2 is 1.54 bits per heavy atom. The largest absolute Gasteiger partial charge is 0.496 e. The maximum Gasteiger partial charge on any atom is 0.404 e. The molecule has 6 aliphatic rings. The van der Waals surface area contributed by atoms with E-state index in [0.29, 0.717) is 107 Å². The highest BCUT2D eigenvalue weighted by atomic mass is 19.4. The predicted molar refractivity (Wildman–Crippen MR) is 237 cm³/mol. The number of piperidine rings is 3. The minimum absolute atomic E-state index is 0.0232. The fraction of sp³-hybridized carbons (Fsp3) is 0.542. The molecule has 67 heavy (non-hydrogen) atoms. The Hall–Kier alpha value is -5.95. The summed E-state index contributed by atoms with van der Waals surface area (Å²) in [6, 6.07) is 5.58. The molecule has 3 aromatic rings. The number of hydrogen-bond acceptors (Lipinski definition) is 11. The van der Waals surface area contributed by atoms with Crippen LogP contribution in [0.25, 0.3) is 11.1 Å². The molecule has 0 bridgehead atoms. The maximum absolute atomic E-state index is 15.0. The molecule has 2 aromatic carbocycles. The van der Waals surface area contributed by atoms with Crippen molar-refractivity contribution in [2.75, 3.05) is 54.0 Å². The third-order valence-corrected chi connectivity index (χ3v) is 15.1. The molecule has 1 saturated carbocycles. The number of fused-ring (bicyclic) bond motifs is 2. The van der Waals surface area contributed by atoms with Crippen LogP contribution >= 0.6 is 0 Å². The van der Waals surface area contributed by atoms with Gasteiger partial charge in [-0.3, -0.25) is 44.0 Å². The molecule has 2 unspecified atom stereocenters. The number of ether oxygens (including phenoxy) is 3. The summed E-state index contributed by atoms with van der Waals surface area (Å²) in [5, 5.41) is 4.82. The van der Waals surface area contributed by atoms with Crippen molar-refractivity contribution in [2.24, 2.45) is 18.4 Å². The van der Waals surface area contributed by atoms with Crippen molar-refractivity contribution in [3.8, 4) is 28.4 Å². The molecule has 4 fully saturated rings. The molecule has 16 nitrogen and oxygen atoms in total. The molecule has 2 N–H and O–H groups in total. The third-order valence-electron chi connectivity index (χ3n) is 15.1. The molecule has 1 aromatic heterocycles. The summed E-state index contributed by atoms with van der Waals surface area (Å²) >= 11 is 0. The first-order valence-corrected chi connectivity index (χ1v) is 23.0. The van der Waals surface area contributed by atoms with Crippen LogP contribution in [0, 0.1) is 11.3 Å². The van der Waals surface area contributed by atoms with Gasteiger partial charge in [0.05, 0.1) is 43.6 Å². The van der Waals surface area contributed by atoms with Gasteiger partial charge in [0.25, 0.3) is 17.4 Å². The van der Waals surface area contributed by atoms with E-state index in [1.807, 2.05) is 12.1 Å². The molecule has 9 rings (SSSR count). The zero-order valence-corrected chi connectivity index (χ0v) is 38.1. The summed E-state index contributed by atoms with van der Waals surface area (Å²) in [7, 11) is 6.38. The number of benzene rings is 2. The topological polar surface area (TPSA) is 172 Å². The van der Waals surface area contributed by atoms with Crippen molar-refractivity contribution in [1.82, 2.24) is 34.8 Å². The Labute approximate surface area is 385 Å². The number of likely N-dealkylation sites (tertiary alicyclic amines) is 2. The first-order chi connectivity index (χ1) is 32.0. The summed E-state index contributed by atoms with van der Waals surface area (Å²) in [4.78, 5) is 82.5. The fourth-order valence-corrected chi connectivity index (χ4v) is 11.5. The Kier molecular flexibility index (Phi) is 12.4. The van der Waals surface area contributed by atoms with Gasteiger partial charge in [0.1, 0.15) is 29.3 Å². The molecular weight excluding hydrogens is 876 g/mol. The molecule has 2 atom stereocenters. The molecule has 1 spiro atoms. The minimum atomic E-state index is -4.40. The van der Waals surface area contributed by atoms with E-state index < -0.39 is 47.8 Å². The number of rotatable bonds is 10. The van der Waals surface area contributed by atoms with Crippen LogP contribution in [0.4, 0.5) is 18.0 Å². The van der Waals surface area contributed by atoms with Gasteiger partial charge in [-0.1, -0.05) is 0 Å². The lowest BCUT2D eigenvalue weighted by Crippen LogP contribution is -2.58. The van der Waals surface area contributed by atoms with Gasteiger partial charge in [-0.15, -0.1) is 0 Å². The number of aryl methyl sites for hydroxylation is 1. The molecule has 0 radical (unpaired) electrons. The quantitative estimate of drug-likeness (QED) is 0.272. The lowest BCUT2D eigenvalue weighted by molar-refractivity contribution is -0.210. The average Bonchev–Trinajstić information content (AvgIpc) is 3.54. The van der Waals surface area contributed by atoms with Crippen LogP contribution in [0.2, 0.25) is 0 Å². The van der Waals surface area contributed by atoms with Crippen molar-refractivity contribution in [2.45, 2.75) is 95.2 Å². The molecule has 6 amide bonds. The van der Waals surface area contributed by atoms with Crippen LogP contribution in [0.1, 0.15) is 88.8 Å². The molecule has 1 aliphatic carbocycles. The van der Waals surface area contributed by atoms with E-state index >= 15 is 13.2 Å². The number of pyridine rings is 1. The lowest BCUT2D eigenvalue weighted by atomic mass is 9.61. The molecule has 3 saturated heterocycles. The summed E-state index contributed by atoms with van der Waals surface area (Å²) < 4.78 is 64.6. The third kappa shape index (κ3) is 8.64. The van der Waals surface area contributed by atoms with Crippen molar-refractivity contribution in [3.63, 3.8) is 0 Å². The van der Waals surface area contributed by atoms with E-state index in [2.05, 4.69) is 15.5 Å². The van der Waals surface area contributed by atoms with Crippen molar-refractivity contribution in [1.29, 1.82) is 0 Å². The van der Waals surface area contributed by atoms with Crippen LogP contribution in [0.15, 0.2) is 41.3 Å². The molecule has 358 valence electrons. The Balaban J connectivity index is 0.804. The van der Waals surface area contributed by atoms with E-state index in [1.165, 1.54) is 16.7 Å². The van der Waals surface area contributed by atoms with Gasteiger partial charge in [-0.2, -0.15) is 13.2 Å². The highest BCUT2D eigenvalue weighted by Crippen LogP contribution is 2.52. The number of methoxy groups -OCH3 is 2. The number of aromatic nitrogens is 1. The van der Waals surface area contributed by atoms with Gasteiger partial charge in [-0.05, 0) is 130 Å². The molecule has 19 heteroatoms. The van der Waals surface area contributed by atoms with E-state index in [9.17, 15) is 28.8 Å². The smallest absolute Gasteiger partial charge is 0.404 e. The molecular formula is C48H56F3N7O9. The minimum Gasteiger partial charge on any atom is -0.496 e. The van der Waals surface area contributed by atoms with Gasteiger partial charge < -0.3 is 29.0 Å². The van der Waals surface area contributed by atoms with Crippen molar-refractivity contribution < 1.29 is 51.4 Å². The second-order valence-electron chi connectivity index (χ2n) is 18.9. The second-order valence-corrected chi connectivity index (χ2v) is 18.9. The lowest BCUT2D eigenvalue weighted by Gasteiger charge is -2.53. The zero-order valence-electron chi connectivity index (χ0n) is 38.1. The maximum atomic E-state index is 15.0. The van der Waals surface area contributed by atoms with E-state index in [0.717, 1.165) is 27.2 Å². The number of carbonyl (C=O) groups excluding carboxylic acids is 5. The zero-order chi connectivity index (χ0) is 47.5. The Bertz CT molecular complexity index is 2530. The normalized spacial score (nSPS) is 22.0. The van der Waals surface area contributed by atoms with Gasteiger partial charge >= 0.3 is 12.2 Å². The summed E-state index contributed by atoms with van der Waals surface area (Å²) in [6.07, 6.45) is 1.09. The monoisotopic (exact) mass is 931 g/mol. The van der Waals surface area contributed by atoms with Gasteiger partial charge in [0, 0.05) is 50.9 Å². The van der Waals surface area contributed by atoms with E-state index in [-0.39, 0.29) is 53.6 Å². The number of halogens is 3. The summed E-state index contributed by atoms with van der Waals surface area (Å²) in [6.45, 7) is 2.65. The average molecular weight is 932 g/mol. The summed E-state index contributed by atoms with van der Waals surface area (Å²) in [5.41, 5.74) is 3.81. The standard InChI is InChI=1S/C48H56F3N7O9/c1-52-46(64)57-16-11-31-34(24-54(2)43(61)35(31)26-57)28-19-38(65-3)36(39(20-28)66-4)25-55-14-9-27(10-15-55)41(48(49,50)51)56-17-12-47(13-18-56)22-30(23-47)67-29-5-6-32-33(21-29)45(63)58(44(32)62)37-7-8-40(59)53-42(37)60/h5-6,19-21,24,27,30,37,41H,7-18,22-23,25-26H2,1-4H3,(H,52,64)(H,53,59,60). The Morgan fingerprint density at radius 3 is 2.16 bits per heavy atom. The van der Waals surface area contributed by atoms with Gasteiger partial charge in [-0.25, -0.2) is 4.79 Å². The second kappa shape index (κ2) is 17.9. The molecule has 6 heterocycles. The number of nitrogens with zero attached hydrogens (tertiary/aromatic N) is 5. The van der Waals surface area contributed by atoms with Crippen molar-refractivity contribution in [3.05, 3.63) is 74.7 Å². The van der Waals surface area contributed by atoms with Crippen LogP contribution in [-0.2, 0) is 36.1 Å². The SMILES string of the molecule is CNC(=O)N1CCc2c(-c3cc(OC)c(CN4CCC(C(N5CCC6(CC5)CC(Oc5ccc7c(c5)C(=O)N(C5CCC(=O)NC5=O)C7=O)C6)C(F)(F)F)CC4)c(OC)c3)cn(C)c(=O)c2C1. The molecule has 5 aliphatic heterocycles. The van der Waals surface area contributed by atoms with E-state index in [1.54, 1.807) is 50.4 Å². The van der Waals surface area contributed by atoms with Crippen LogP contribution in [0.5, 0.6) is 17.2 Å². The number of alkyl halides is 3. The highest BCUT2D eigenvalue weighted by molar-refractivity contribution is 6.23. The number of hydrogen-bond donors (Lipinski definition) is 2. The number of carbonyl (C=O) groups is 5. The predicted octanol–water partition coefficient (Wildman–Crippen LogP) is 4.63. The number of urea groups is 1. The van der Waals surface area contributed by atoms with Gasteiger partial charge in [0.2, 0.25) is 11.8 Å². The Morgan fingerprint density at radius 1 is 0.866 bits per heavy atom. The van der Waals surface area contributed by atoms with Crippen LogP contribution in [-0.4, -0.2) is 132 Å². The van der Waals surface area contributed by atoms with Gasteiger partial charge in [0.15, 0.2) is 0 Å². The van der Waals surface area contributed by atoms with Crippen LogP contribution in [0.3, 0.4) is 0 Å². The van der Waals surface area contributed by atoms with Crippen LogP contribution < -0.4 is 30.4 Å². The first-order valence-electron chi connectivity index (χ1n) is 23.0.